The lowest BCUT2D eigenvalue weighted by molar-refractivity contribution is 0.514. The molecule has 0 amide bonds. The van der Waals surface area contributed by atoms with Crippen LogP contribution in [0.4, 0.5) is 0 Å². The van der Waals surface area contributed by atoms with Crippen LogP contribution in [0, 0.1) is 0 Å². The molecule has 0 spiro atoms. The van der Waals surface area contributed by atoms with Crippen LogP contribution in [0.5, 0.6) is 0 Å². The van der Waals surface area contributed by atoms with Crippen molar-refractivity contribution in [2.75, 3.05) is 6.54 Å². The Morgan fingerprint density at radius 1 is 1.50 bits per heavy atom. The lowest BCUT2D eigenvalue weighted by Gasteiger charge is -2.14. The van der Waals surface area contributed by atoms with Crippen LogP contribution in [-0.2, 0) is 13.1 Å². The van der Waals surface area contributed by atoms with Crippen LogP contribution in [0.25, 0.3) is 11.0 Å². The third-order valence-electron chi connectivity index (χ3n) is 2.27. The fourth-order valence-electron chi connectivity index (χ4n) is 1.68. The number of rotatable bonds is 0. The number of nitrogens with zero attached hydrogens (tertiary/aromatic N) is 2. The van der Waals surface area contributed by atoms with E-state index < -0.39 is 0 Å². The standard InChI is InChI=1S/C8H9N3S/c1-2-11-7-5-12-4-6(7)10-8(11)3-9-1/h4-5,9H,1-3H2. The molecule has 0 bridgehead atoms. The van der Waals surface area contributed by atoms with E-state index in [0.717, 1.165) is 25.2 Å². The highest BCUT2D eigenvalue weighted by Gasteiger charge is 2.13. The van der Waals surface area contributed by atoms with Crippen LogP contribution < -0.4 is 5.32 Å². The molecule has 3 rings (SSSR count). The van der Waals surface area contributed by atoms with Gasteiger partial charge in [0.15, 0.2) is 0 Å². The van der Waals surface area contributed by atoms with Crippen LogP contribution in [0.1, 0.15) is 5.82 Å². The van der Waals surface area contributed by atoms with E-state index in [-0.39, 0.29) is 0 Å². The van der Waals surface area contributed by atoms with Gasteiger partial charge in [0.05, 0.1) is 17.6 Å². The van der Waals surface area contributed by atoms with Crippen molar-refractivity contribution in [2.24, 2.45) is 0 Å². The van der Waals surface area contributed by atoms with Crippen LogP contribution in [0.2, 0.25) is 0 Å². The Morgan fingerprint density at radius 2 is 2.50 bits per heavy atom. The molecule has 62 valence electrons. The zero-order valence-corrected chi connectivity index (χ0v) is 7.40. The van der Waals surface area contributed by atoms with E-state index in [4.69, 9.17) is 0 Å². The summed E-state index contributed by atoms with van der Waals surface area (Å²) in [6, 6.07) is 0. The minimum absolute atomic E-state index is 0.916. The minimum atomic E-state index is 0.916. The second kappa shape index (κ2) is 2.31. The molecule has 1 N–H and O–H groups in total. The molecule has 12 heavy (non-hydrogen) atoms. The lowest BCUT2D eigenvalue weighted by Crippen LogP contribution is -2.28. The Kier molecular flexibility index (Phi) is 1.27. The molecule has 1 aliphatic heterocycles. The van der Waals surface area contributed by atoms with Crippen molar-refractivity contribution in [2.45, 2.75) is 13.1 Å². The topological polar surface area (TPSA) is 29.9 Å². The summed E-state index contributed by atoms with van der Waals surface area (Å²) in [5, 5.41) is 7.60. The summed E-state index contributed by atoms with van der Waals surface area (Å²) in [6.45, 7) is 3.04. The van der Waals surface area contributed by atoms with Crippen molar-refractivity contribution in [1.29, 1.82) is 0 Å². The largest absolute Gasteiger partial charge is 0.325 e. The van der Waals surface area contributed by atoms with Gasteiger partial charge in [-0.25, -0.2) is 4.98 Å². The predicted octanol–water partition coefficient (Wildman–Crippen LogP) is 1.20. The molecule has 0 aliphatic carbocycles. The Hall–Kier alpha value is -0.870. The highest BCUT2D eigenvalue weighted by Crippen LogP contribution is 2.21. The molecular formula is C8H9N3S. The van der Waals surface area contributed by atoms with E-state index in [2.05, 4.69) is 25.6 Å². The average Bonchev–Trinajstić information content (AvgIpc) is 2.62. The Labute approximate surface area is 74.0 Å². The van der Waals surface area contributed by atoms with E-state index in [1.54, 1.807) is 11.3 Å². The van der Waals surface area contributed by atoms with Crippen molar-refractivity contribution in [1.82, 2.24) is 14.9 Å². The third-order valence-corrected chi connectivity index (χ3v) is 2.99. The van der Waals surface area contributed by atoms with Gasteiger partial charge in [-0.05, 0) is 0 Å². The normalized spacial score (nSPS) is 16.7. The van der Waals surface area contributed by atoms with Gasteiger partial charge < -0.3 is 9.88 Å². The zero-order chi connectivity index (χ0) is 7.97. The summed E-state index contributed by atoms with van der Waals surface area (Å²) in [5.41, 5.74) is 2.45. The zero-order valence-electron chi connectivity index (χ0n) is 6.58. The van der Waals surface area contributed by atoms with Gasteiger partial charge in [-0.15, -0.1) is 11.3 Å². The second-order valence-corrected chi connectivity index (χ2v) is 3.74. The van der Waals surface area contributed by atoms with E-state index in [1.165, 1.54) is 11.3 Å². The summed E-state index contributed by atoms with van der Waals surface area (Å²) in [4.78, 5) is 4.52. The van der Waals surface area contributed by atoms with Gasteiger partial charge in [-0.1, -0.05) is 0 Å². The van der Waals surface area contributed by atoms with Gasteiger partial charge in [0.1, 0.15) is 5.82 Å². The molecule has 3 heterocycles. The van der Waals surface area contributed by atoms with Crippen LogP contribution in [-0.4, -0.2) is 16.1 Å². The van der Waals surface area contributed by atoms with Gasteiger partial charge >= 0.3 is 0 Å². The number of imidazole rings is 1. The molecule has 2 aromatic rings. The van der Waals surface area contributed by atoms with Crippen molar-refractivity contribution >= 4 is 22.4 Å². The summed E-state index contributed by atoms with van der Waals surface area (Å²) in [6.07, 6.45) is 0. The van der Waals surface area contributed by atoms with Gasteiger partial charge in [-0.2, -0.15) is 0 Å². The van der Waals surface area contributed by atoms with E-state index in [0.29, 0.717) is 0 Å². The third kappa shape index (κ3) is 0.763. The Morgan fingerprint density at radius 3 is 3.50 bits per heavy atom. The molecule has 0 fully saturated rings. The van der Waals surface area contributed by atoms with Crippen molar-refractivity contribution < 1.29 is 0 Å². The van der Waals surface area contributed by atoms with Gasteiger partial charge in [0.2, 0.25) is 0 Å². The van der Waals surface area contributed by atoms with E-state index >= 15 is 0 Å². The lowest BCUT2D eigenvalue weighted by atomic mass is 10.4. The maximum absolute atomic E-state index is 4.52. The number of nitrogens with one attached hydrogen (secondary N) is 1. The van der Waals surface area contributed by atoms with Crippen molar-refractivity contribution in [3.63, 3.8) is 0 Å². The number of fused-ring (bicyclic) bond motifs is 3. The predicted molar refractivity (Wildman–Crippen MR) is 49.3 cm³/mol. The highest BCUT2D eigenvalue weighted by atomic mass is 32.1. The first-order valence-electron chi connectivity index (χ1n) is 4.07. The monoisotopic (exact) mass is 179 g/mol. The number of hydrogen-bond donors (Lipinski definition) is 1. The molecule has 0 atom stereocenters. The number of hydrogen-bond acceptors (Lipinski definition) is 3. The molecule has 4 heteroatoms. The fourth-order valence-corrected chi connectivity index (χ4v) is 2.43. The molecule has 0 unspecified atom stereocenters. The fraction of sp³-hybridized carbons (Fsp3) is 0.375. The van der Waals surface area contributed by atoms with Crippen molar-refractivity contribution in [3.05, 3.63) is 16.6 Å². The molecule has 0 aromatic carbocycles. The van der Waals surface area contributed by atoms with Crippen molar-refractivity contribution in [3.8, 4) is 0 Å². The summed E-state index contributed by atoms with van der Waals surface area (Å²) in [7, 11) is 0. The molecule has 1 aliphatic rings. The van der Waals surface area contributed by atoms with Gasteiger partial charge in [0.25, 0.3) is 0 Å². The molecule has 3 nitrogen and oxygen atoms in total. The Bertz CT molecular complexity index is 415. The summed E-state index contributed by atoms with van der Waals surface area (Å²) >= 11 is 1.73. The number of thiophene rings is 1. The molecule has 0 radical (unpaired) electrons. The first-order chi connectivity index (χ1) is 5.95. The molecule has 0 saturated heterocycles. The minimum Gasteiger partial charge on any atom is -0.325 e. The average molecular weight is 179 g/mol. The summed E-state index contributed by atoms with van der Waals surface area (Å²) in [5.74, 6) is 1.18. The smallest absolute Gasteiger partial charge is 0.123 e. The maximum Gasteiger partial charge on any atom is 0.123 e. The van der Waals surface area contributed by atoms with Crippen LogP contribution >= 0.6 is 11.3 Å². The van der Waals surface area contributed by atoms with Crippen LogP contribution in [0.3, 0.4) is 0 Å². The Balaban J connectivity index is 2.34. The SMILES string of the molecule is c1scc2c1nc1n2CCNC1. The molecular weight excluding hydrogens is 170 g/mol. The quantitative estimate of drug-likeness (QED) is 0.658. The van der Waals surface area contributed by atoms with Gasteiger partial charge in [-0.3, -0.25) is 0 Å². The van der Waals surface area contributed by atoms with E-state index in [9.17, 15) is 0 Å². The molecule has 2 aromatic heterocycles. The number of aromatic nitrogens is 2. The highest BCUT2D eigenvalue weighted by molar-refractivity contribution is 7.09. The van der Waals surface area contributed by atoms with E-state index in [1.807, 2.05) is 0 Å². The molecule has 0 saturated carbocycles. The van der Waals surface area contributed by atoms with Gasteiger partial charge in [0, 0.05) is 23.8 Å². The maximum atomic E-state index is 4.52. The first kappa shape index (κ1) is 6.62. The van der Waals surface area contributed by atoms with Crippen LogP contribution in [0.15, 0.2) is 10.8 Å². The first-order valence-corrected chi connectivity index (χ1v) is 5.01. The summed E-state index contributed by atoms with van der Waals surface area (Å²) < 4.78 is 2.31. The second-order valence-electron chi connectivity index (χ2n) is 3.00.